The second-order valence-corrected chi connectivity index (χ2v) is 6.60. The van der Waals surface area contributed by atoms with Crippen LogP contribution in [-0.2, 0) is 0 Å². The van der Waals surface area contributed by atoms with Crippen LogP contribution in [0.5, 0.6) is 0 Å². The van der Waals surface area contributed by atoms with Crippen LogP contribution >= 0.6 is 11.3 Å². The zero-order valence-electron chi connectivity index (χ0n) is 6.06. The maximum atomic E-state index is 2.33. The molecule has 1 rings (SSSR count). The molecule has 9 heavy (non-hydrogen) atoms. The van der Waals surface area contributed by atoms with Crippen molar-refractivity contribution < 1.29 is 0 Å². The summed E-state index contributed by atoms with van der Waals surface area (Å²) in [6.07, 6.45) is 0. The molecule has 2 heteroatoms. The lowest BCUT2D eigenvalue weighted by Crippen LogP contribution is -2.17. The molecule has 0 spiro atoms. The molecule has 0 nitrogen and oxygen atoms in total. The Bertz CT molecular complexity index is 191. The lowest BCUT2D eigenvalue weighted by Gasteiger charge is -1.93. The summed E-state index contributed by atoms with van der Waals surface area (Å²) < 4.78 is 1.59. The zero-order chi connectivity index (χ0) is 6.85. The van der Waals surface area contributed by atoms with Gasteiger partial charge in [-0.2, -0.15) is 11.3 Å². The van der Waals surface area contributed by atoms with Crippen LogP contribution in [-0.4, -0.2) is 8.80 Å². The summed E-state index contributed by atoms with van der Waals surface area (Å²) in [5.74, 6) is 0. The molecule has 1 radical (unpaired) electrons. The molecule has 0 fully saturated rings. The monoisotopic (exact) mass is 155 g/mol. The second kappa shape index (κ2) is 2.67. The summed E-state index contributed by atoms with van der Waals surface area (Å²) >= 11 is 1.94. The Kier molecular flexibility index (Phi) is 2.08. The summed E-state index contributed by atoms with van der Waals surface area (Å²) in [5.41, 5.74) is 0. The van der Waals surface area contributed by atoms with E-state index in [0.29, 0.717) is 0 Å². The minimum Gasteiger partial charge on any atom is -0.151 e. The van der Waals surface area contributed by atoms with Gasteiger partial charge in [-0.05, 0) is 17.5 Å². The predicted octanol–water partition coefficient (Wildman–Crippen LogP) is 2.02. The van der Waals surface area contributed by atoms with Crippen molar-refractivity contribution in [3.8, 4) is 0 Å². The first-order valence-corrected chi connectivity index (χ1v) is 6.39. The van der Waals surface area contributed by atoms with Gasteiger partial charge in [-0.3, -0.25) is 0 Å². The van der Waals surface area contributed by atoms with Crippen molar-refractivity contribution in [2.45, 2.75) is 20.0 Å². The molecular weight excluding hydrogens is 144 g/mol. The highest BCUT2D eigenvalue weighted by Crippen LogP contribution is 2.04. The number of rotatable bonds is 1. The van der Waals surface area contributed by atoms with Crippen LogP contribution in [0.25, 0.3) is 0 Å². The van der Waals surface area contributed by atoms with Crippen molar-refractivity contribution >= 4 is 24.6 Å². The van der Waals surface area contributed by atoms with E-state index in [4.69, 9.17) is 0 Å². The van der Waals surface area contributed by atoms with Crippen LogP contribution in [0.3, 0.4) is 0 Å². The fourth-order valence-electron chi connectivity index (χ4n) is 0.703. The van der Waals surface area contributed by atoms with Crippen molar-refractivity contribution in [2.24, 2.45) is 0 Å². The molecule has 0 aliphatic rings. The molecule has 0 saturated carbocycles. The van der Waals surface area contributed by atoms with Crippen LogP contribution in [0.1, 0.15) is 4.88 Å². The van der Waals surface area contributed by atoms with Gasteiger partial charge in [0.1, 0.15) is 0 Å². The SMILES string of the molecule is Cc1ccc([Si](C)C)s1. The highest BCUT2D eigenvalue weighted by atomic mass is 32.1. The number of aryl methyl sites for hydroxylation is 1. The van der Waals surface area contributed by atoms with E-state index >= 15 is 0 Å². The average molecular weight is 155 g/mol. The van der Waals surface area contributed by atoms with Crippen molar-refractivity contribution in [1.82, 2.24) is 0 Å². The van der Waals surface area contributed by atoms with E-state index in [2.05, 4.69) is 32.2 Å². The quantitative estimate of drug-likeness (QED) is 0.544. The molecule has 0 aromatic carbocycles. The molecule has 1 aromatic rings. The number of hydrogen-bond acceptors (Lipinski definition) is 1. The maximum absolute atomic E-state index is 2.33. The second-order valence-electron chi connectivity index (χ2n) is 2.41. The van der Waals surface area contributed by atoms with E-state index in [-0.39, 0.29) is 8.80 Å². The van der Waals surface area contributed by atoms with Gasteiger partial charge in [0.25, 0.3) is 0 Å². The summed E-state index contributed by atoms with van der Waals surface area (Å²) in [6.45, 7) is 6.82. The van der Waals surface area contributed by atoms with Gasteiger partial charge < -0.3 is 0 Å². The average Bonchev–Trinajstić information content (AvgIpc) is 2.14. The Labute approximate surface area is 62.1 Å². The third-order valence-corrected chi connectivity index (χ3v) is 4.73. The van der Waals surface area contributed by atoms with Crippen molar-refractivity contribution in [2.75, 3.05) is 0 Å². The number of thiophene rings is 1. The molecular formula is C7H11SSi. The molecule has 0 saturated heterocycles. The summed E-state index contributed by atoms with van der Waals surface area (Å²) in [6, 6.07) is 4.46. The molecule has 0 N–H and O–H groups in total. The van der Waals surface area contributed by atoms with Crippen LogP contribution in [0.15, 0.2) is 12.1 Å². The Hall–Kier alpha value is -0.0831. The summed E-state index contributed by atoms with van der Waals surface area (Å²) in [7, 11) is -0.173. The van der Waals surface area contributed by atoms with Crippen molar-refractivity contribution in [3.05, 3.63) is 17.0 Å². The van der Waals surface area contributed by atoms with Crippen molar-refractivity contribution in [1.29, 1.82) is 0 Å². The molecule has 1 aromatic heterocycles. The molecule has 0 aliphatic heterocycles. The Balaban J connectivity index is 2.85. The highest BCUT2D eigenvalue weighted by Gasteiger charge is 2.01. The lowest BCUT2D eigenvalue weighted by atomic mass is 10.5. The van der Waals surface area contributed by atoms with E-state index in [1.807, 2.05) is 11.3 Å². The Morgan fingerprint density at radius 1 is 1.33 bits per heavy atom. The molecule has 0 bridgehead atoms. The fraction of sp³-hybridized carbons (Fsp3) is 0.429. The van der Waals surface area contributed by atoms with E-state index in [1.165, 1.54) is 4.88 Å². The maximum Gasteiger partial charge on any atom is 0.0927 e. The van der Waals surface area contributed by atoms with Gasteiger partial charge in [0.2, 0.25) is 0 Å². The zero-order valence-corrected chi connectivity index (χ0v) is 7.88. The van der Waals surface area contributed by atoms with Gasteiger partial charge in [-0.1, -0.05) is 19.2 Å². The normalized spacial score (nSPS) is 10.7. The first-order valence-electron chi connectivity index (χ1n) is 3.07. The van der Waals surface area contributed by atoms with E-state index < -0.39 is 0 Å². The third-order valence-electron chi connectivity index (χ3n) is 1.23. The van der Waals surface area contributed by atoms with Gasteiger partial charge in [0, 0.05) is 4.88 Å². The first kappa shape index (κ1) is 7.03. The van der Waals surface area contributed by atoms with E-state index in [1.54, 1.807) is 4.50 Å². The van der Waals surface area contributed by atoms with E-state index in [9.17, 15) is 0 Å². The summed E-state index contributed by atoms with van der Waals surface area (Å²) in [4.78, 5) is 1.44. The van der Waals surface area contributed by atoms with E-state index in [0.717, 1.165) is 0 Å². The standard InChI is InChI=1S/C7H11SSi/c1-6-4-5-7(8-6)9(2)3/h4-5H,1-3H3. The van der Waals surface area contributed by atoms with Gasteiger partial charge in [-0.25, -0.2) is 0 Å². The fourth-order valence-corrected chi connectivity index (χ4v) is 3.04. The lowest BCUT2D eigenvalue weighted by molar-refractivity contribution is 1.64. The smallest absolute Gasteiger partial charge is 0.0927 e. The minimum absolute atomic E-state index is 0.173. The molecule has 0 atom stereocenters. The first-order chi connectivity index (χ1) is 4.20. The molecule has 0 aliphatic carbocycles. The number of hydrogen-bond donors (Lipinski definition) is 0. The van der Waals surface area contributed by atoms with Crippen LogP contribution in [0.4, 0.5) is 0 Å². The van der Waals surface area contributed by atoms with Gasteiger partial charge >= 0.3 is 0 Å². The highest BCUT2D eigenvalue weighted by molar-refractivity contribution is 7.23. The molecule has 0 unspecified atom stereocenters. The van der Waals surface area contributed by atoms with Gasteiger partial charge in [0.05, 0.1) is 8.80 Å². The predicted molar refractivity (Wildman–Crippen MR) is 46.2 cm³/mol. The molecule has 0 amide bonds. The Morgan fingerprint density at radius 3 is 2.22 bits per heavy atom. The van der Waals surface area contributed by atoms with Crippen LogP contribution in [0, 0.1) is 6.92 Å². The summed E-state index contributed by atoms with van der Waals surface area (Å²) in [5, 5.41) is 0. The van der Waals surface area contributed by atoms with Gasteiger partial charge in [-0.15, -0.1) is 0 Å². The third kappa shape index (κ3) is 1.66. The molecule has 1 heterocycles. The minimum atomic E-state index is -0.173. The van der Waals surface area contributed by atoms with Crippen molar-refractivity contribution in [3.63, 3.8) is 0 Å². The topological polar surface area (TPSA) is 0 Å². The van der Waals surface area contributed by atoms with Crippen LogP contribution < -0.4 is 4.50 Å². The largest absolute Gasteiger partial charge is 0.151 e. The van der Waals surface area contributed by atoms with Gasteiger partial charge in [0.15, 0.2) is 0 Å². The van der Waals surface area contributed by atoms with Crippen LogP contribution in [0.2, 0.25) is 13.1 Å². The Morgan fingerprint density at radius 2 is 2.00 bits per heavy atom. The molecule has 49 valence electrons.